The number of benzene rings is 1. The summed E-state index contributed by atoms with van der Waals surface area (Å²) in [6.07, 6.45) is 0.818. The molecule has 1 heterocycles. The van der Waals surface area contributed by atoms with Crippen LogP contribution in [0, 0.1) is 0 Å². The zero-order valence-corrected chi connectivity index (χ0v) is 11.9. The van der Waals surface area contributed by atoms with Crippen LogP contribution in [0.2, 0.25) is 0 Å². The van der Waals surface area contributed by atoms with E-state index >= 15 is 0 Å². The Morgan fingerprint density at radius 2 is 2.17 bits per heavy atom. The highest BCUT2D eigenvalue weighted by atomic mass is 32.1. The van der Waals surface area contributed by atoms with Gasteiger partial charge in [0.2, 0.25) is 0 Å². The second-order valence-electron chi connectivity index (χ2n) is 3.71. The van der Waals surface area contributed by atoms with E-state index in [2.05, 4.69) is 4.98 Å². The molecule has 0 amide bonds. The van der Waals surface area contributed by atoms with Gasteiger partial charge in [0, 0.05) is 0 Å². The molecule has 18 heavy (non-hydrogen) atoms. The molecular weight excluding hydrogens is 264 g/mol. The van der Waals surface area contributed by atoms with Crippen LogP contribution in [-0.2, 0) is 6.42 Å². The van der Waals surface area contributed by atoms with Gasteiger partial charge in [0.25, 0.3) is 0 Å². The number of nitrogens with zero attached hydrogens (tertiary/aromatic N) is 1. The molecule has 0 spiro atoms. The van der Waals surface area contributed by atoms with Crippen LogP contribution < -0.4 is 10.5 Å². The highest BCUT2D eigenvalue weighted by Gasteiger charge is 2.15. The molecule has 5 heteroatoms. The van der Waals surface area contributed by atoms with Crippen molar-refractivity contribution in [2.75, 3.05) is 7.11 Å². The molecule has 2 N–H and O–H groups in total. The van der Waals surface area contributed by atoms with Crippen molar-refractivity contribution in [1.29, 1.82) is 0 Å². The van der Waals surface area contributed by atoms with Gasteiger partial charge in [0.05, 0.1) is 23.2 Å². The van der Waals surface area contributed by atoms with Gasteiger partial charge in [-0.25, -0.2) is 4.98 Å². The summed E-state index contributed by atoms with van der Waals surface area (Å²) in [5, 5.41) is 0.895. The molecule has 0 saturated heterocycles. The van der Waals surface area contributed by atoms with Crippen LogP contribution in [0.1, 0.15) is 17.5 Å². The zero-order chi connectivity index (χ0) is 13.1. The molecule has 0 aliphatic rings. The van der Waals surface area contributed by atoms with Crippen LogP contribution in [0.15, 0.2) is 24.3 Å². The molecule has 1 aromatic carbocycles. The van der Waals surface area contributed by atoms with E-state index in [1.165, 1.54) is 11.3 Å². The van der Waals surface area contributed by atoms with Gasteiger partial charge < -0.3 is 10.5 Å². The molecule has 3 nitrogen and oxygen atoms in total. The molecule has 1 aromatic heterocycles. The van der Waals surface area contributed by atoms with Crippen molar-refractivity contribution in [2.24, 2.45) is 5.73 Å². The fourth-order valence-corrected chi connectivity index (χ4v) is 3.00. The molecule has 0 atom stereocenters. The Kier molecular flexibility index (Phi) is 3.93. The molecule has 0 bridgehead atoms. The molecular formula is C13H14N2OS2. The molecule has 0 radical (unpaired) electrons. The first kappa shape index (κ1) is 13.0. The van der Waals surface area contributed by atoms with Crippen LogP contribution >= 0.6 is 23.6 Å². The normalized spacial score (nSPS) is 10.3. The summed E-state index contributed by atoms with van der Waals surface area (Å²) in [6, 6.07) is 7.81. The number of hydrogen-bond donors (Lipinski definition) is 1. The number of rotatable bonds is 4. The van der Waals surface area contributed by atoms with E-state index in [-0.39, 0.29) is 0 Å². The SMILES string of the molecule is CCc1nc(-c2ccccc2OC)sc1C(N)=S. The van der Waals surface area contributed by atoms with E-state index in [0.29, 0.717) is 4.99 Å². The lowest BCUT2D eigenvalue weighted by molar-refractivity contribution is 0.416. The van der Waals surface area contributed by atoms with Crippen molar-refractivity contribution in [3.05, 3.63) is 34.8 Å². The average molecular weight is 278 g/mol. The lowest BCUT2D eigenvalue weighted by atomic mass is 10.2. The standard InChI is InChI=1S/C13H14N2OS2/c1-3-9-11(12(14)17)18-13(15-9)8-6-4-5-7-10(8)16-2/h4-7H,3H2,1-2H3,(H2,14,17). The van der Waals surface area contributed by atoms with Crippen molar-refractivity contribution in [3.8, 4) is 16.3 Å². The van der Waals surface area contributed by atoms with Crippen LogP contribution in [0.4, 0.5) is 0 Å². The predicted octanol–water partition coefficient (Wildman–Crippen LogP) is 3.02. The largest absolute Gasteiger partial charge is 0.496 e. The quantitative estimate of drug-likeness (QED) is 0.873. The Balaban J connectivity index is 2.54. The van der Waals surface area contributed by atoms with Gasteiger partial charge in [-0.05, 0) is 18.6 Å². The van der Waals surface area contributed by atoms with Crippen molar-refractivity contribution < 1.29 is 4.74 Å². The summed E-state index contributed by atoms with van der Waals surface area (Å²) in [5.41, 5.74) is 7.65. The maximum absolute atomic E-state index is 5.72. The average Bonchev–Trinajstić information content (AvgIpc) is 2.82. The third kappa shape index (κ3) is 2.37. The Hall–Kier alpha value is -1.46. The summed E-state index contributed by atoms with van der Waals surface area (Å²) >= 11 is 6.57. The number of para-hydroxylation sites is 1. The Bertz CT molecular complexity index is 578. The number of thiocarbonyl (C=S) groups is 1. The van der Waals surface area contributed by atoms with Gasteiger partial charge in [-0.1, -0.05) is 31.3 Å². The van der Waals surface area contributed by atoms with Crippen LogP contribution in [0.25, 0.3) is 10.6 Å². The monoisotopic (exact) mass is 278 g/mol. The van der Waals surface area contributed by atoms with Crippen molar-refractivity contribution in [2.45, 2.75) is 13.3 Å². The third-order valence-corrected chi connectivity index (χ3v) is 4.09. The number of aryl methyl sites for hydroxylation is 1. The summed E-state index contributed by atoms with van der Waals surface area (Å²) in [4.78, 5) is 5.90. The molecule has 0 unspecified atom stereocenters. The van der Waals surface area contributed by atoms with Gasteiger partial charge in [-0.15, -0.1) is 11.3 Å². The minimum atomic E-state index is 0.408. The van der Waals surface area contributed by atoms with Gasteiger partial charge in [-0.3, -0.25) is 0 Å². The fourth-order valence-electron chi connectivity index (χ4n) is 1.72. The Morgan fingerprint density at radius 3 is 2.72 bits per heavy atom. The number of nitrogens with two attached hydrogens (primary N) is 1. The molecule has 0 aliphatic carbocycles. The Labute approximate surface area is 116 Å². The predicted molar refractivity (Wildman–Crippen MR) is 79.4 cm³/mol. The van der Waals surface area contributed by atoms with E-state index < -0.39 is 0 Å². The second kappa shape index (κ2) is 5.46. The van der Waals surface area contributed by atoms with Crippen molar-refractivity contribution in [1.82, 2.24) is 4.98 Å². The van der Waals surface area contributed by atoms with Crippen molar-refractivity contribution >= 4 is 28.5 Å². The second-order valence-corrected chi connectivity index (χ2v) is 5.15. The number of ether oxygens (including phenoxy) is 1. The Morgan fingerprint density at radius 1 is 1.44 bits per heavy atom. The number of thiazole rings is 1. The third-order valence-electron chi connectivity index (χ3n) is 2.59. The summed E-state index contributed by atoms with van der Waals surface area (Å²) in [7, 11) is 1.65. The molecule has 0 aliphatic heterocycles. The molecule has 0 fully saturated rings. The lowest BCUT2D eigenvalue weighted by Crippen LogP contribution is -2.09. The van der Waals surface area contributed by atoms with Gasteiger partial charge in [-0.2, -0.15) is 0 Å². The number of hydrogen-bond acceptors (Lipinski definition) is 4. The first-order valence-electron chi connectivity index (χ1n) is 5.60. The first-order valence-corrected chi connectivity index (χ1v) is 6.82. The maximum Gasteiger partial charge on any atom is 0.129 e. The molecule has 2 aromatic rings. The zero-order valence-electron chi connectivity index (χ0n) is 10.3. The minimum Gasteiger partial charge on any atom is -0.496 e. The highest BCUT2D eigenvalue weighted by molar-refractivity contribution is 7.81. The number of aromatic nitrogens is 1. The highest BCUT2D eigenvalue weighted by Crippen LogP contribution is 2.34. The molecule has 94 valence electrons. The topological polar surface area (TPSA) is 48.1 Å². The van der Waals surface area contributed by atoms with E-state index in [0.717, 1.165) is 33.3 Å². The number of methoxy groups -OCH3 is 1. The minimum absolute atomic E-state index is 0.408. The van der Waals surface area contributed by atoms with E-state index in [9.17, 15) is 0 Å². The smallest absolute Gasteiger partial charge is 0.129 e. The summed E-state index contributed by atoms with van der Waals surface area (Å²) in [5.74, 6) is 0.809. The van der Waals surface area contributed by atoms with E-state index in [1.54, 1.807) is 7.11 Å². The van der Waals surface area contributed by atoms with E-state index in [4.69, 9.17) is 22.7 Å². The summed E-state index contributed by atoms with van der Waals surface area (Å²) < 4.78 is 5.35. The summed E-state index contributed by atoms with van der Waals surface area (Å²) in [6.45, 7) is 2.04. The van der Waals surface area contributed by atoms with Gasteiger partial charge >= 0.3 is 0 Å². The molecule has 0 saturated carbocycles. The maximum atomic E-state index is 5.72. The van der Waals surface area contributed by atoms with Crippen molar-refractivity contribution in [3.63, 3.8) is 0 Å². The fraction of sp³-hybridized carbons (Fsp3) is 0.231. The molecule has 2 rings (SSSR count). The van der Waals surface area contributed by atoms with E-state index in [1.807, 2.05) is 31.2 Å². The van der Waals surface area contributed by atoms with Crippen LogP contribution in [0.5, 0.6) is 5.75 Å². The van der Waals surface area contributed by atoms with Gasteiger partial charge in [0.15, 0.2) is 0 Å². The lowest BCUT2D eigenvalue weighted by Gasteiger charge is -2.04. The first-order chi connectivity index (χ1) is 8.67. The van der Waals surface area contributed by atoms with Crippen LogP contribution in [-0.4, -0.2) is 17.1 Å². The van der Waals surface area contributed by atoms with Crippen LogP contribution in [0.3, 0.4) is 0 Å². The van der Waals surface area contributed by atoms with Gasteiger partial charge in [0.1, 0.15) is 15.7 Å².